The van der Waals surface area contributed by atoms with E-state index in [-0.39, 0.29) is 0 Å². The Morgan fingerprint density at radius 1 is 1.11 bits per heavy atom. The van der Waals surface area contributed by atoms with Crippen molar-refractivity contribution in [2.75, 3.05) is 6.54 Å². The van der Waals surface area contributed by atoms with Crippen molar-refractivity contribution in [2.24, 2.45) is 11.8 Å². The third-order valence-corrected chi connectivity index (χ3v) is 4.81. The molecule has 0 amide bonds. The zero-order valence-corrected chi connectivity index (χ0v) is 11.8. The summed E-state index contributed by atoms with van der Waals surface area (Å²) < 4.78 is 0. The molecule has 0 spiro atoms. The molecule has 0 aliphatic heterocycles. The minimum atomic E-state index is 0.714. The number of fused-ring (bicyclic) bond motifs is 3. The van der Waals surface area contributed by atoms with Gasteiger partial charge in [-0.15, -0.1) is 11.8 Å². The first-order chi connectivity index (χ1) is 9.38. The molecule has 3 rings (SSSR count). The third kappa shape index (κ3) is 2.69. The summed E-state index contributed by atoms with van der Waals surface area (Å²) in [6.07, 6.45) is 6.32. The molecule has 2 bridgehead atoms. The van der Waals surface area contributed by atoms with E-state index in [1.54, 1.807) is 11.1 Å². The van der Waals surface area contributed by atoms with Crippen molar-refractivity contribution in [1.82, 2.24) is 5.32 Å². The van der Waals surface area contributed by atoms with Gasteiger partial charge in [-0.3, -0.25) is 0 Å². The molecule has 1 heteroatoms. The van der Waals surface area contributed by atoms with Crippen LogP contribution in [0.4, 0.5) is 0 Å². The fraction of sp³-hybridized carbons (Fsp3) is 0.556. The minimum Gasteiger partial charge on any atom is -0.312 e. The van der Waals surface area contributed by atoms with E-state index in [1.807, 2.05) is 6.92 Å². The van der Waals surface area contributed by atoms with Gasteiger partial charge in [-0.2, -0.15) is 0 Å². The number of nitrogens with one attached hydrogen (secondary N) is 1. The smallest absolute Gasteiger partial charge is 0.0214 e. The topological polar surface area (TPSA) is 12.0 Å². The number of benzene rings is 1. The van der Waals surface area contributed by atoms with Crippen LogP contribution in [0.25, 0.3) is 0 Å². The third-order valence-electron chi connectivity index (χ3n) is 4.81. The van der Waals surface area contributed by atoms with Crippen LogP contribution in [0, 0.1) is 23.7 Å². The Bertz CT molecular complexity index is 461. The number of hydrogen-bond donors (Lipinski definition) is 1. The maximum absolute atomic E-state index is 3.79. The van der Waals surface area contributed by atoms with Gasteiger partial charge in [0.15, 0.2) is 0 Å². The van der Waals surface area contributed by atoms with Gasteiger partial charge >= 0.3 is 0 Å². The first kappa shape index (κ1) is 12.8. The summed E-state index contributed by atoms with van der Waals surface area (Å²) in [5, 5.41) is 3.79. The second-order valence-electron chi connectivity index (χ2n) is 5.93. The van der Waals surface area contributed by atoms with Crippen molar-refractivity contribution in [3.05, 3.63) is 35.4 Å². The monoisotopic (exact) mass is 253 g/mol. The lowest BCUT2D eigenvalue weighted by Crippen LogP contribution is -2.38. The van der Waals surface area contributed by atoms with E-state index < -0.39 is 0 Å². The second-order valence-corrected chi connectivity index (χ2v) is 5.93. The Kier molecular flexibility index (Phi) is 3.89. The highest BCUT2D eigenvalue weighted by Gasteiger charge is 2.38. The zero-order valence-electron chi connectivity index (χ0n) is 11.8. The van der Waals surface area contributed by atoms with Crippen molar-refractivity contribution >= 4 is 0 Å². The average Bonchev–Trinajstić information content (AvgIpc) is 2.70. The molecule has 2 aliphatic carbocycles. The van der Waals surface area contributed by atoms with Gasteiger partial charge in [-0.25, -0.2) is 0 Å². The van der Waals surface area contributed by atoms with E-state index >= 15 is 0 Å². The summed E-state index contributed by atoms with van der Waals surface area (Å²) in [6, 6.07) is 9.76. The summed E-state index contributed by atoms with van der Waals surface area (Å²) in [6.45, 7) is 2.97. The molecule has 2 atom stereocenters. The molecule has 1 fully saturated rings. The standard InChI is InChI=1S/C18H23N/c1-2-3-6-11-19-18-16-9-10-17(18)13-15-8-5-4-7-14(15)12-16/h4-5,7-8,16-19H,6,9-13H2,1H3. The van der Waals surface area contributed by atoms with Crippen molar-refractivity contribution in [3.63, 3.8) is 0 Å². The average molecular weight is 253 g/mol. The summed E-state index contributed by atoms with van der Waals surface area (Å²) >= 11 is 0. The molecule has 0 heterocycles. The maximum atomic E-state index is 3.79. The Morgan fingerprint density at radius 2 is 1.74 bits per heavy atom. The molecule has 1 nitrogen and oxygen atoms in total. The van der Waals surface area contributed by atoms with E-state index in [0.717, 1.165) is 24.8 Å². The Morgan fingerprint density at radius 3 is 2.32 bits per heavy atom. The van der Waals surface area contributed by atoms with Crippen molar-refractivity contribution in [1.29, 1.82) is 0 Å². The molecule has 1 aromatic rings. The molecule has 1 aromatic carbocycles. The van der Waals surface area contributed by atoms with E-state index in [4.69, 9.17) is 0 Å². The lowest BCUT2D eigenvalue weighted by atomic mass is 9.94. The number of hydrogen-bond acceptors (Lipinski definition) is 1. The van der Waals surface area contributed by atoms with Crippen molar-refractivity contribution in [2.45, 2.75) is 45.1 Å². The summed E-state index contributed by atoms with van der Waals surface area (Å²) in [5.74, 6) is 7.81. The van der Waals surface area contributed by atoms with Crippen LogP contribution in [0.15, 0.2) is 24.3 Å². The first-order valence-electron chi connectivity index (χ1n) is 7.58. The highest BCUT2D eigenvalue weighted by molar-refractivity contribution is 5.30. The zero-order chi connectivity index (χ0) is 13.1. The molecule has 1 N–H and O–H groups in total. The Hall–Kier alpha value is -1.26. The van der Waals surface area contributed by atoms with E-state index in [1.165, 1.54) is 25.7 Å². The normalized spacial score (nSPS) is 28.2. The van der Waals surface area contributed by atoms with Gasteiger partial charge in [0.05, 0.1) is 0 Å². The van der Waals surface area contributed by atoms with Crippen LogP contribution in [0.2, 0.25) is 0 Å². The van der Waals surface area contributed by atoms with Crippen LogP contribution in [-0.2, 0) is 12.8 Å². The Labute approximate surface area is 116 Å². The van der Waals surface area contributed by atoms with Gasteiger partial charge < -0.3 is 5.32 Å². The van der Waals surface area contributed by atoms with E-state index in [9.17, 15) is 0 Å². The molecule has 2 unspecified atom stereocenters. The molecule has 100 valence electrons. The molecule has 0 radical (unpaired) electrons. The van der Waals surface area contributed by atoms with Gasteiger partial charge in [0.2, 0.25) is 0 Å². The first-order valence-corrected chi connectivity index (χ1v) is 7.58. The Balaban J connectivity index is 1.70. The lowest BCUT2D eigenvalue weighted by Gasteiger charge is -2.23. The second kappa shape index (κ2) is 5.80. The summed E-state index contributed by atoms with van der Waals surface area (Å²) in [4.78, 5) is 0. The summed E-state index contributed by atoms with van der Waals surface area (Å²) in [7, 11) is 0. The van der Waals surface area contributed by atoms with Crippen LogP contribution < -0.4 is 5.32 Å². The SMILES string of the molecule is CC#CCCNC1C2CCC1Cc1ccccc1C2. The molecule has 2 aliphatic rings. The van der Waals surface area contributed by atoms with Gasteiger partial charge in [0.25, 0.3) is 0 Å². The highest BCUT2D eigenvalue weighted by atomic mass is 14.9. The van der Waals surface area contributed by atoms with Gasteiger partial charge in [0, 0.05) is 19.0 Å². The van der Waals surface area contributed by atoms with Gasteiger partial charge in [0.1, 0.15) is 0 Å². The van der Waals surface area contributed by atoms with Gasteiger partial charge in [-0.1, -0.05) is 24.3 Å². The van der Waals surface area contributed by atoms with Crippen molar-refractivity contribution in [3.8, 4) is 11.8 Å². The quantitative estimate of drug-likeness (QED) is 0.644. The molecule has 0 aromatic heterocycles. The molecular weight excluding hydrogens is 230 g/mol. The van der Waals surface area contributed by atoms with E-state index in [2.05, 4.69) is 41.4 Å². The summed E-state index contributed by atoms with van der Waals surface area (Å²) in [5.41, 5.74) is 3.18. The minimum absolute atomic E-state index is 0.714. The van der Waals surface area contributed by atoms with Crippen LogP contribution in [0.1, 0.15) is 37.3 Å². The molecule has 1 saturated carbocycles. The van der Waals surface area contributed by atoms with Crippen LogP contribution >= 0.6 is 0 Å². The predicted octanol–water partition coefficient (Wildman–Crippen LogP) is 3.18. The largest absolute Gasteiger partial charge is 0.312 e. The highest BCUT2D eigenvalue weighted by Crippen LogP contribution is 2.39. The molecule has 0 saturated heterocycles. The number of rotatable bonds is 3. The fourth-order valence-corrected chi connectivity index (χ4v) is 3.91. The molecular formula is C18H23N. The van der Waals surface area contributed by atoms with Crippen LogP contribution in [-0.4, -0.2) is 12.6 Å². The van der Waals surface area contributed by atoms with Crippen LogP contribution in [0.5, 0.6) is 0 Å². The lowest BCUT2D eigenvalue weighted by molar-refractivity contribution is 0.346. The maximum Gasteiger partial charge on any atom is 0.0214 e. The van der Waals surface area contributed by atoms with Crippen molar-refractivity contribution < 1.29 is 0 Å². The fourth-order valence-electron chi connectivity index (χ4n) is 3.91. The van der Waals surface area contributed by atoms with Gasteiger partial charge in [-0.05, 0) is 55.6 Å². The van der Waals surface area contributed by atoms with Crippen LogP contribution in [0.3, 0.4) is 0 Å². The van der Waals surface area contributed by atoms with E-state index in [0.29, 0.717) is 6.04 Å². The predicted molar refractivity (Wildman–Crippen MR) is 79.9 cm³/mol. The molecule has 19 heavy (non-hydrogen) atoms.